The molecule has 7 aromatic rings. The fraction of sp³-hybridized carbons (Fsp3) is 0.0667. The molecule has 0 saturated carbocycles. The van der Waals surface area contributed by atoms with Crippen LogP contribution in [0.5, 0.6) is 23.0 Å². The van der Waals surface area contributed by atoms with Gasteiger partial charge in [0.05, 0.1) is 0 Å². The molecule has 0 saturated heterocycles. The van der Waals surface area contributed by atoms with E-state index in [0.717, 1.165) is 40.1 Å². The first-order valence-corrected chi connectivity index (χ1v) is 17.7. The van der Waals surface area contributed by atoms with E-state index in [9.17, 15) is 0 Å². The summed E-state index contributed by atoms with van der Waals surface area (Å²) in [7, 11) is 0. The Hall–Kier alpha value is -6.13. The molecule has 4 aliphatic heterocycles. The van der Waals surface area contributed by atoms with Crippen molar-refractivity contribution in [2.24, 2.45) is 0 Å². The Morgan fingerprint density at radius 1 is 0.431 bits per heavy atom. The Balaban J connectivity index is 1.15. The SMILES string of the molecule is Cc1ccc(N(c2ccc(C)cc2)c2ccc3c(c2)Oc2cc4c5c6c2B3c2ccccc2N6c2ccccc2B5c2ccc(C)cc2O4)cc1. The van der Waals surface area contributed by atoms with E-state index in [1.54, 1.807) is 0 Å². The Morgan fingerprint density at radius 3 is 1.47 bits per heavy atom. The van der Waals surface area contributed by atoms with Crippen LogP contribution in [0, 0.1) is 20.8 Å². The molecule has 0 aliphatic carbocycles. The number of ether oxygens (including phenoxy) is 2. The van der Waals surface area contributed by atoms with Crippen LogP contribution in [-0.4, -0.2) is 13.4 Å². The van der Waals surface area contributed by atoms with Crippen LogP contribution in [0.15, 0.2) is 140 Å². The smallest absolute Gasteiger partial charge is 0.256 e. The summed E-state index contributed by atoms with van der Waals surface area (Å²) in [5, 5.41) is 0. The number of hydrogen-bond donors (Lipinski definition) is 0. The van der Waals surface area contributed by atoms with Crippen molar-refractivity contribution >= 4 is 80.3 Å². The second-order valence-electron chi connectivity index (χ2n) is 14.3. The maximum Gasteiger partial charge on any atom is 0.256 e. The molecule has 0 N–H and O–H groups in total. The average molecular weight is 654 g/mol. The molecule has 0 atom stereocenters. The van der Waals surface area contributed by atoms with E-state index in [1.165, 1.54) is 66.5 Å². The topological polar surface area (TPSA) is 24.9 Å². The van der Waals surface area contributed by atoms with E-state index < -0.39 is 0 Å². The summed E-state index contributed by atoms with van der Waals surface area (Å²) in [6.07, 6.45) is 0. The van der Waals surface area contributed by atoms with Crippen LogP contribution in [0.4, 0.5) is 34.1 Å². The first-order chi connectivity index (χ1) is 25.0. The lowest BCUT2D eigenvalue weighted by Gasteiger charge is -2.47. The summed E-state index contributed by atoms with van der Waals surface area (Å²) in [5.74, 6) is 3.50. The molecule has 4 nitrogen and oxygen atoms in total. The van der Waals surface area contributed by atoms with Crippen molar-refractivity contribution in [1.29, 1.82) is 0 Å². The van der Waals surface area contributed by atoms with Crippen LogP contribution in [0.25, 0.3) is 0 Å². The second-order valence-corrected chi connectivity index (χ2v) is 14.3. The summed E-state index contributed by atoms with van der Waals surface area (Å²) >= 11 is 0. The van der Waals surface area contributed by atoms with Gasteiger partial charge in [-0.25, -0.2) is 0 Å². The molecule has 240 valence electrons. The summed E-state index contributed by atoms with van der Waals surface area (Å²) < 4.78 is 13.9. The number of rotatable bonds is 3. The van der Waals surface area contributed by atoms with Gasteiger partial charge in [-0.1, -0.05) is 90.0 Å². The number of aryl methyl sites for hydroxylation is 3. The van der Waals surface area contributed by atoms with E-state index in [4.69, 9.17) is 9.47 Å². The minimum atomic E-state index is 0.00285. The molecular weight excluding hydrogens is 622 g/mol. The van der Waals surface area contributed by atoms with Crippen molar-refractivity contribution in [3.63, 3.8) is 0 Å². The minimum Gasteiger partial charge on any atom is -0.458 e. The third kappa shape index (κ3) is 4.05. The molecule has 4 heterocycles. The van der Waals surface area contributed by atoms with Crippen molar-refractivity contribution in [2.45, 2.75) is 20.8 Å². The number of anilines is 6. The lowest BCUT2D eigenvalue weighted by atomic mass is 9.29. The van der Waals surface area contributed by atoms with Crippen molar-refractivity contribution in [3.8, 4) is 23.0 Å². The van der Waals surface area contributed by atoms with Crippen molar-refractivity contribution in [2.75, 3.05) is 9.80 Å². The maximum absolute atomic E-state index is 7.08. The summed E-state index contributed by atoms with van der Waals surface area (Å²) in [5.41, 5.74) is 17.9. The highest BCUT2D eigenvalue weighted by atomic mass is 16.5. The molecule has 0 unspecified atom stereocenters. The zero-order valence-corrected chi connectivity index (χ0v) is 28.6. The largest absolute Gasteiger partial charge is 0.458 e. The average Bonchev–Trinajstić information content (AvgIpc) is 3.15. The van der Waals surface area contributed by atoms with Gasteiger partial charge in [0, 0.05) is 46.3 Å². The fourth-order valence-electron chi connectivity index (χ4n) is 8.85. The number of fused-ring (bicyclic) bond motifs is 10. The Bertz CT molecular complexity index is 2550. The molecule has 0 amide bonds. The summed E-state index contributed by atoms with van der Waals surface area (Å²) in [6.45, 7) is 6.45. The van der Waals surface area contributed by atoms with Gasteiger partial charge < -0.3 is 19.3 Å². The second kappa shape index (κ2) is 10.4. The van der Waals surface area contributed by atoms with Gasteiger partial charge in [-0.2, -0.15) is 0 Å². The minimum absolute atomic E-state index is 0.00285. The van der Waals surface area contributed by atoms with Crippen molar-refractivity contribution < 1.29 is 9.47 Å². The van der Waals surface area contributed by atoms with Crippen LogP contribution < -0.4 is 52.1 Å². The van der Waals surface area contributed by atoms with E-state index >= 15 is 0 Å². The Kier molecular flexibility index (Phi) is 5.87. The van der Waals surface area contributed by atoms with Gasteiger partial charge in [0.15, 0.2) is 0 Å². The molecule has 0 fully saturated rings. The molecular formula is C45H32B2N2O2. The predicted octanol–water partition coefficient (Wildman–Crippen LogP) is 7.42. The summed E-state index contributed by atoms with van der Waals surface area (Å²) in [4.78, 5) is 4.78. The third-order valence-corrected chi connectivity index (χ3v) is 11.2. The number of para-hydroxylation sites is 2. The van der Waals surface area contributed by atoms with Gasteiger partial charge in [-0.05, 0) is 108 Å². The molecule has 0 bridgehead atoms. The lowest BCUT2D eigenvalue weighted by molar-refractivity contribution is 0.465. The van der Waals surface area contributed by atoms with E-state index in [-0.39, 0.29) is 13.4 Å². The molecule has 4 aliphatic rings. The van der Waals surface area contributed by atoms with Crippen LogP contribution in [0.1, 0.15) is 16.7 Å². The Morgan fingerprint density at radius 2 is 0.902 bits per heavy atom. The van der Waals surface area contributed by atoms with Crippen molar-refractivity contribution in [1.82, 2.24) is 0 Å². The molecule has 11 rings (SSSR count). The zero-order valence-electron chi connectivity index (χ0n) is 28.6. The molecule has 0 radical (unpaired) electrons. The van der Waals surface area contributed by atoms with Gasteiger partial charge in [-0.3, -0.25) is 0 Å². The fourth-order valence-corrected chi connectivity index (χ4v) is 8.85. The van der Waals surface area contributed by atoms with Gasteiger partial charge >= 0.3 is 0 Å². The van der Waals surface area contributed by atoms with Crippen LogP contribution in [-0.2, 0) is 0 Å². The van der Waals surface area contributed by atoms with Gasteiger partial charge in [-0.15, -0.1) is 0 Å². The first kappa shape index (κ1) is 28.7. The van der Waals surface area contributed by atoms with Gasteiger partial charge in [0.25, 0.3) is 13.4 Å². The third-order valence-electron chi connectivity index (χ3n) is 11.2. The lowest BCUT2D eigenvalue weighted by Crippen LogP contribution is -2.67. The highest BCUT2D eigenvalue weighted by Gasteiger charge is 2.50. The van der Waals surface area contributed by atoms with Crippen LogP contribution >= 0.6 is 0 Å². The number of nitrogens with zero attached hydrogens (tertiary/aromatic N) is 2. The highest BCUT2D eigenvalue weighted by molar-refractivity contribution is 7.03. The molecule has 6 heteroatoms. The number of benzene rings is 7. The van der Waals surface area contributed by atoms with E-state index in [0.29, 0.717) is 0 Å². The van der Waals surface area contributed by atoms with Gasteiger partial charge in [0.1, 0.15) is 23.0 Å². The quantitative estimate of drug-likeness (QED) is 0.185. The highest BCUT2D eigenvalue weighted by Crippen LogP contribution is 2.46. The van der Waals surface area contributed by atoms with Crippen molar-refractivity contribution in [3.05, 3.63) is 156 Å². The molecule has 0 aromatic heterocycles. The Labute approximate surface area is 298 Å². The first-order valence-electron chi connectivity index (χ1n) is 17.7. The number of hydrogen-bond acceptors (Lipinski definition) is 4. The van der Waals surface area contributed by atoms with Crippen LogP contribution in [0.2, 0.25) is 0 Å². The monoisotopic (exact) mass is 654 g/mol. The summed E-state index contributed by atoms with van der Waals surface area (Å²) in [6, 6.07) is 50.8. The zero-order chi connectivity index (χ0) is 34.0. The predicted molar refractivity (Wildman–Crippen MR) is 212 cm³/mol. The normalized spacial score (nSPS) is 13.6. The van der Waals surface area contributed by atoms with E-state index in [2.05, 4.69) is 170 Å². The standard InChI is InChI=1S/C45H32B2N2O2/c1-27-12-17-30(18-13-27)48(31-19-14-28(2)15-20-31)32-21-23-36-40(25-32)51-42-26-41-43-45-44(42)47(36)34-9-5-7-11-38(34)49(45)37-10-6-4-8-33(37)46(43)35-22-16-29(3)24-39(35)50-41/h4-26H,1-3H3. The molecule has 51 heavy (non-hydrogen) atoms. The van der Waals surface area contributed by atoms with Gasteiger partial charge in [0.2, 0.25) is 0 Å². The van der Waals surface area contributed by atoms with E-state index in [1.807, 2.05) is 0 Å². The maximum atomic E-state index is 7.08. The van der Waals surface area contributed by atoms with Crippen LogP contribution in [0.3, 0.4) is 0 Å². The molecule has 7 aromatic carbocycles. The molecule has 0 spiro atoms.